The number of benzene rings is 4. The molecule has 11 heteroatoms. The first-order valence-electron chi connectivity index (χ1n) is 14.3. The molecule has 44 heavy (non-hydrogen) atoms. The number of para-hydroxylation sites is 4. The second-order valence-corrected chi connectivity index (χ2v) is 10.5. The summed E-state index contributed by atoms with van der Waals surface area (Å²) in [5.41, 5.74) is 3.04. The van der Waals surface area contributed by atoms with Crippen molar-refractivity contribution in [1.82, 2.24) is 35.5 Å². The van der Waals surface area contributed by atoms with Gasteiger partial charge in [0.1, 0.15) is 22.1 Å². The molecule has 2 aromatic heterocycles. The molecule has 2 amide bonds. The van der Waals surface area contributed by atoms with E-state index in [0.717, 1.165) is 0 Å². The first-order chi connectivity index (χ1) is 21.3. The number of aromatic nitrogens is 4. The number of fused-ring (bicyclic) bond motifs is 4. The molecule has 2 unspecified atom stereocenters. The number of hydrogen-bond acceptors (Lipinski definition) is 7. The zero-order chi connectivity index (χ0) is 31.0. The third-order valence-electron chi connectivity index (χ3n) is 7.73. The molecule has 2 atom stereocenters. The van der Waals surface area contributed by atoms with Gasteiger partial charge in [-0.25, -0.2) is 28.7 Å². The lowest BCUT2D eigenvalue weighted by Crippen LogP contribution is -2.55. The number of nitrogens with one attached hydrogen (secondary N) is 2. The van der Waals surface area contributed by atoms with Crippen LogP contribution in [-0.4, -0.2) is 56.0 Å². The van der Waals surface area contributed by atoms with Gasteiger partial charge in [-0.15, -0.1) is 0 Å². The summed E-state index contributed by atoms with van der Waals surface area (Å²) in [5.74, 6) is -1.84. The summed E-state index contributed by atoms with van der Waals surface area (Å²) >= 11 is 0. The quantitative estimate of drug-likeness (QED) is 0.171. The van der Waals surface area contributed by atoms with Crippen molar-refractivity contribution in [2.24, 2.45) is 0 Å². The smallest absolute Gasteiger partial charge is 0.254 e. The normalized spacial score (nSPS) is 13.0. The van der Waals surface area contributed by atoms with Gasteiger partial charge in [0.25, 0.3) is 11.8 Å². The predicted octanol–water partition coefficient (Wildman–Crippen LogP) is 5.72. The van der Waals surface area contributed by atoms with E-state index in [4.69, 9.17) is 0 Å². The molecular weight excluding hydrogens is 564 g/mol. The van der Waals surface area contributed by atoms with Gasteiger partial charge >= 0.3 is 0 Å². The SMILES string of the molecule is CCC(NC(=O)c1cccc2nc3cccc(F)c3nc12)N(C)C(CC)NC(=O)c1cccc2nc3cccc(F)c3nc12. The van der Waals surface area contributed by atoms with Gasteiger partial charge in [0.2, 0.25) is 0 Å². The third-order valence-corrected chi connectivity index (χ3v) is 7.73. The Labute approximate surface area is 251 Å². The van der Waals surface area contributed by atoms with Crippen molar-refractivity contribution in [2.75, 3.05) is 7.05 Å². The second-order valence-electron chi connectivity index (χ2n) is 10.5. The summed E-state index contributed by atoms with van der Waals surface area (Å²) in [6.45, 7) is 3.84. The summed E-state index contributed by atoms with van der Waals surface area (Å²) in [7, 11) is 1.81. The lowest BCUT2D eigenvalue weighted by molar-refractivity contribution is 0.0701. The van der Waals surface area contributed by atoms with E-state index >= 15 is 0 Å². The zero-order valence-electron chi connectivity index (χ0n) is 24.3. The van der Waals surface area contributed by atoms with E-state index in [1.165, 1.54) is 12.1 Å². The molecule has 0 aliphatic heterocycles. The van der Waals surface area contributed by atoms with Crippen LogP contribution in [0.2, 0.25) is 0 Å². The van der Waals surface area contributed by atoms with Crippen molar-refractivity contribution >= 4 is 55.9 Å². The standard InChI is InChI=1S/C33H29F2N7O2/c1-4-26(38-32(43)18-10-6-14-22-28(18)40-30-20(34)12-8-16-24(30)36-22)42(3)27(5-2)39-33(44)19-11-7-15-23-29(19)41-31-21(35)13-9-17-25(31)37-23/h6-17,26-27H,4-5H2,1-3H3,(H,38,43)(H,39,44). The number of carbonyl (C=O) groups is 2. The van der Waals surface area contributed by atoms with E-state index in [9.17, 15) is 18.4 Å². The van der Waals surface area contributed by atoms with E-state index in [1.807, 2.05) is 18.7 Å². The van der Waals surface area contributed by atoms with Crippen LogP contribution in [-0.2, 0) is 0 Å². The Kier molecular flexibility index (Phi) is 7.79. The van der Waals surface area contributed by atoms with Gasteiger partial charge in [0.15, 0.2) is 11.6 Å². The van der Waals surface area contributed by atoms with Crippen LogP contribution in [0.3, 0.4) is 0 Å². The van der Waals surface area contributed by atoms with Crippen LogP contribution in [0.5, 0.6) is 0 Å². The van der Waals surface area contributed by atoms with Crippen molar-refractivity contribution in [3.05, 3.63) is 95.6 Å². The molecule has 0 aliphatic carbocycles. The van der Waals surface area contributed by atoms with Gasteiger partial charge in [0, 0.05) is 0 Å². The number of halogens is 2. The van der Waals surface area contributed by atoms with E-state index in [2.05, 4.69) is 30.6 Å². The molecule has 6 aromatic rings. The van der Waals surface area contributed by atoms with Gasteiger partial charge in [-0.05, 0) is 68.4 Å². The molecule has 9 nitrogen and oxygen atoms in total. The number of carbonyl (C=O) groups excluding carboxylic acids is 2. The zero-order valence-corrected chi connectivity index (χ0v) is 24.3. The Hall–Kier alpha value is -5.16. The predicted molar refractivity (Wildman–Crippen MR) is 165 cm³/mol. The van der Waals surface area contributed by atoms with E-state index in [-0.39, 0.29) is 22.2 Å². The first-order valence-corrected chi connectivity index (χ1v) is 14.3. The Balaban J connectivity index is 1.25. The molecule has 6 rings (SSSR count). The van der Waals surface area contributed by atoms with Gasteiger partial charge in [-0.1, -0.05) is 38.1 Å². The van der Waals surface area contributed by atoms with Crippen molar-refractivity contribution < 1.29 is 18.4 Å². The van der Waals surface area contributed by atoms with Crippen LogP contribution in [0.15, 0.2) is 72.8 Å². The van der Waals surface area contributed by atoms with Gasteiger partial charge in [0.05, 0.1) is 45.5 Å². The average molecular weight is 594 g/mol. The topological polar surface area (TPSA) is 113 Å². The Morgan fingerprint density at radius 2 is 0.977 bits per heavy atom. The Morgan fingerprint density at radius 1 is 0.614 bits per heavy atom. The summed E-state index contributed by atoms with van der Waals surface area (Å²) in [4.78, 5) is 46.9. The fourth-order valence-electron chi connectivity index (χ4n) is 5.40. The molecule has 2 N–H and O–H groups in total. The number of hydrogen-bond donors (Lipinski definition) is 2. The minimum absolute atomic E-state index is 0.0898. The second kappa shape index (κ2) is 11.8. The number of nitrogens with zero attached hydrogens (tertiary/aromatic N) is 5. The Morgan fingerprint density at radius 3 is 1.36 bits per heavy atom. The fraction of sp³-hybridized carbons (Fsp3) is 0.212. The van der Waals surface area contributed by atoms with Crippen molar-refractivity contribution in [3.63, 3.8) is 0 Å². The molecule has 0 saturated heterocycles. The fourth-order valence-corrected chi connectivity index (χ4v) is 5.40. The largest absolute Gasteiger partial charge is 0.336 e. The van der Waals surface area contributed by atoms with Crippen LogP contribution in [0.4, 0.5) is 8.78 Å². The maximum absolute atomic E-state index is 14.5. The van der Waals surface area contributed by atoms with Gasteiger partial charge in [-0.2, -0.15) is 0 Å². The molecule has 0 saturated carbocycles. The van der Waals surface area contributed by atoms with Crippen LogP contribution in [0.1, 0.15) is 47.4 Å². The summed E-state index contributed by atoms with van der Waals surface area (Å²) in [6.07, 6.45) is 0.0957. The van der Waals surface area contributed by atoms with Crippen LogP contribution >= 0.6 is 0 Å². The number of amides is 2. The highest BCUT2D eigenvalue weighted by molar-refractivity contribution is 6.07. The van der Waals surface area contributed by atoms with Crippen molar-refractivity contribution in [3.8, 4) is 0 Å². The summed E-state index contributed by atoms with van der Waals surface area (Å²) in [5, 5.41) is 6.06. The molecule has 0 radical (unpaired) electrons. The van der Waals surface area contributed by atoms with Crippen molar-refractivity contribution in [2.45, 2.75) is 39.0 Å². The highest BCUT2D eigenvalue weighted by atomic mass is 19.1. The molecular formula is C33H29F2N7O2. The monoisotopic (exact) mass is 593 g/mol. The molecule has 222 valence electrons. The first kappa shape index (κ1) is 28.9. The third kappa shape index (κ3) is 5.26. The molecule has 4 aromatic carbocycles. The minimum Gasteiger partial charge on any atom is -0.336 e. The van der Waals surface area contributed by atoms with Gasteiger partial charge < -0.3 is 10.6 Å². The molecule has 0 spiro atoms. The van der Waals surface area contributed by atoms with Crippen LogP contribution in [0, 0.1) is 11.6 Å². The maximum Gasteiger partial charge on any atom is 0.254 e. The summed E-state index contributed by atoms with van der Waals surface area (Å²) < 4.78 is 29.0. The number of rotatable bonds is 8. The molecule has 0 fully saturated rings. The van der Waals surface area contributed by atoms with E-state index in [1.54, 1.807) is 67.7 Å². The lowest BCUT2D eigenvalue weighted by Gasteiger charge is -2.35. The Bertz CT molecular complexity index is 1920. The van der Waals surface area contributed by atoms with Crippen LogP contribution in [0.25, 0.3) is 44.1 Å². The highest BCUT2D eigenvalue weighted by Crippen LogP contribution is 2.23. The minimum atomic E-state index is -0.518. The van der Waals surface area contributed by atoms with E-state index in [0.29, 0.717) is 45.9 Å². The lowest BCUT2D eigenvalue weighted by atomic mass is 10.1. The molecule has 2 heterocycles. The van der Waals surface area contributed by atoms with Gasteiger partial charge in [-0.3, -0.25) is 14.5 Å². The molecule has 0 bridgehead atoms. The highest BCUT2D eigenvalue weighted by Gasteiger charge is 2.26. The van der Waals surface area contributed by atoms with Crippen molar-refractivity contribution in [1.29, 1.82) is 0 Å². The average Bonchev–Trinajstić information content (AvgIpc) is 3.03. The van der Waals surface area contributed by atoms with E-state index < -0.39 is 35.8 Å². The molecule has 0 aliphatic rings. The van der Waals surface area contributed by atoms with Crippen LogP contribution < -0.4 is 10.6 Å². The summed E-state index contributed by atoms with van der Waals surface area (Å²) in [6, 6.07) is 19.2. The maximum atomic E-state index is 14.5.